The number of ether oxygens (including phenoxy) is 1. The van der Waals surface area contributed by atoms with Crippen molar-refractivity contribution >= 4 is 21.9 Å². The van der Waals surface area contributed by atoms with E-state index in [1.54, 1.807) is 12.1 Å². The summed E-state index contributed by atoms with van der Waals surface area (Å²) >= 11 is 3.35. The van der Waals surface area contributed by atoms with Crippen molar-refractivity contribution in [1.29, 1.82) is 0 Å². The van der Waals surface area contributed by atoms with E-state index in [9.17, 15) is 4.79 Å². The highest BCUT2D eigenvalue weighted by molar-refractivity contribution is 9.10. The van der Waals surface area contributed by atoms with Gasteiger partial charge in [0, 0.05) is 16.3 Å². The van der Waals surface area contributed by atoms with Gasteiger partial charge in [0.25, 0.3) is 0 Å². The van der Waals surface area contributed by atoms with Crippen LogP contribution in [0.4, 0.5) is 0 Å². The lowest BCUT2D eigenvalue weighted by Crippen LogP contribution is -2.23. The van der Waals surface area contributed by atoms with Gasteiger partial charge in [0.05, 0.1) is 5.56 Å². The predicted molar refractivity (Wildman–Crippen MR) is 68.7 cm³/mol. The van der Waals surface area contributed by atoms with Gasteiger partial charge in [-0.3, -0.25) is 0 Å². The molecule has 1 aromatic rings. The Hall–Kier alpha value is -1.09. The number of rotatable bonds is 2. The Bertz CT molecular complexity index is 450. The van der Waals surface area contributed by atoms with Gasteiger partial charge in [-0.2, -0.15) is 0 Å². The predicted octanol–water partition coefficient (Wildman–Crippen LogP) is 3.57. The van der Waals surface area contributed by atoms with E-state index in [2.05, 4.69) is 28.1 Å². The molecule has 1 fully saturated rings. The minimum absolute atomic E-state index is 0.0751. The van der Waals surface area contributed by atoms with E-state index in [4.69, 9.17) is 4.74 Å². The summed E-state index contributed by atoms with van der Waals surface area (Å²) in [6, 6.07) is 7.30. The summed E-state index contributed by atoms with van der Waals surface area (Å²) in [5, 5.41) is 0. The maximum absolute atomic E-state index is 12.0. The lowest BCUT2D eigenvalue weighted by molar-refractivity contribution is 0.0210. The van der Waals surface area contributed by atoms with Crippen LogP contribution in [0.1, 0.15) is 23.2 Å². The first-order valence-electron chi connectivity index (χ1n) is 5.89. The molecule has 0 aliphatic heterocycles. The number of benzene rings is 1. The molecule has 0 heterocycles. The number of esters is 1. The Morgan fingerprint density at radius 1 is 1.12 bits per heavy atom. The second-order valence-electron chi connectivity index (χ2n) is 4.67. The Morgan fingerprint density at radius 3 is 2.24 bits per heavy atom. The molecule has 2 aliphatic carbocycles. The van der Waals surface area contributed by atoms with Crippen molar-refractivity contribution in [2.45, 2.75) is 18.9 Å². The van der Waals surface area contributed by atoms with Crippen molar-refractivity contribution in [3.05, 3.63) is 46.5 Å². The number of hydrogen-bond acceptors (Lipinski definition) is 2. The van der Waals surface area contributed by atoms with E-state index in [0.717, 1.165) is 17.3 Å². The minimum Gasteiger partial charge on any atom is -0.458 e. The van der Waals surface area contributed by atoms with Crippen LogP contribution >= 0.6 is 15.9 Å². The van der Waals surface area contributed by atoms with E-state index >= 15 is 0 Å². The molecule has 2 atom stereocenters. The van der Waals surface area contributed by atoms with Crippen LogP contribution < -0.4 is 0 Å². The maximum Gasteiger partial charge on any atom is 0.338 e. The molecule has 1 aromatic carbocycles. The van der Waals surface area contributed by atoms with Crippen LogP contribution in [0.5, 0.6) is 0 Å². The van der Waals surface area contributed by atoms with Gasteiger partial charge in [-0.25, -0.2) is 4.79 Å². The standard InChI is InChI=1S/C14H13BrO2/c15-12-7-5-11(6-8-12)14(16)17-13-9-1-2-10(13)4-3-9/h1-2,5-10,13H,3-4H2. The molecule has 2 bridgehead atoms. The smallest absolute Gasteiger partial charge is 0.338 e. The van der Waals surface area contributed by atoms with Crippen molar-refractivity contribution < 1.29 is 9.53 Å². The molecule has 0 spiro atoms. The van der Waals surface area contributed by atoms with Crippen LogP contribution in [0.15, 0.2) is 40.9 Å². The monoisotopic (exact) mass is 292 g/mol. The van der Waals surface area contributed by atoms with Gasteiger partial charge < -0.3 is 4.74 Å². The molecule has 2 aliphatic rings. The highest BCUT2D eigenvalue weighted by Gasteiger charge is 2.40. The molecule has 0 saturated heterocycles. The minimum atomic E-state index is -0.205. The molecule has 2 unspecified atom stereocenters. The summed E-state index contributed by atoms with van der Waals surface area (Å²) in [5.41, 5.74) is 0.625. The third-order valence-electron chi connectivity index (χ3n) is 3.61. The highest BCUT2D eigenvalue weighted by Crippen LogP contribution is 2.41. The van der Waals surface area contributed by atoms with Crippen LogP contribution in [0, 0.1) is 11.8 Å². The van der Waals surface area contributed by atoms with Crippen molar-refractivity contribution in [2.24, 2.45) is 11.8 Å². The van der Waals surface area contributed by atoms with E-state index in [0.29, 0.717) is 17.4 Å². The van der Waals surface area contributed by atoms with Crippen LogP contribution in [0.2, 0.25) is 0 Å². The molecule has 88 valence electrons. The molecule has 0 radical (unpaired) electrons. The molecule has 0 amide bonds. The second kappa shape index (κ2) is 4.30. The average molecular weight is 293 g/mol. The van der Waals surface area contributed by atoms with Crippen LogP contribution in [-0.4, -0.2) is 12.1 Å². The van der Waals surface area contributed by atoms with Crippen LogP contribution in [0.25, 0.3) is 0 Å². The van der Waals surface area contributed by atoms with Gasteiger partial charge >= 0.3 is 5.97 Å². The Kier molecular flexibility index (Phi) is 2.79. The number of fused-ring (bicyclic) bond motifs is 2. The molecule has 3 heteroatoms. The molecule has 1 saturated carbocycles. The third-order valence-corrected chi connectivity index (χ3v) is 4.13. The molecule has 0 N–H and O–H groups in total. The lowest BCUT2D eigenvalue weighted by Gasteiger charge is -2.16. The number of carbonyl (C=O) groups excluding carboxylic acids is 1. The fraction of sp³-hybridized carbons (Fsp3) is 0.357. The van der Waals surface area contributed by atoms with Gasteiger partial charge in [0.15, 0.2) is 0 Å². The summed E-state index contributed by atoms with van der Waals surface area (Å²) in [6.07, 6.45) is 6.76. The van der Waals surface area contributed by atoms with Gasteiger partial charge in [-0.15, -0.1) is 0 Å². The number of halogens is 1. The van der Waals surface area contributed by atoms with Gasteiger partial charge in [0.1, 0.15) is 6.10 Å². The Labute approximate surface area is 109 Å². The zero-order valence-electron chi connectivity index (χ0n) is 9.30. The van der Waals surface area contributed by atoms with E-state index < -0.39 is 0 Å². The summed E-state index contributed by atoms with van der Waals surface area (Å²) in [4.78, 5) is 12.0. The molecular formula is C14H13BrO2. The average Bonchev–Trinajstić information content (AvgIpc) is 2.90. The summed E-state index contributed by atoms with van der Waals surface area (Å²) in [5.74, 6) is 0.682. The number of hydrogen-bond donors (Lipinski definition) is 0. The third kappa shape index (κ3) is 2.04. The fourth-order valence-electron chi connectivity index (χ4n) is 2.68. The lowest BCUT2D eigenvalue weighted by atomic mass is 10.1. The van der Waals surface area contributed by atoms with E-state index in [1.165, 1.54) is 0 Å². The summed E-state index contributed by atoms with van der Waals surface area (Å²) in [7, 11) is 0. The van der Waals surface area contributed by atoms with Crippen molar-refractivity contribution in [1.82, 2.24) is 0 Å². The van der Waals surface area contributed by atoms with Crippen LogP contribution in [-0.2, 0) is 4.74 Å². The normalized spacial score (nSPS) is 29.6. The summed E-state index contributed by atoms with van der Waals surface area (Å²) < 4.78 is 6.58. The zero-order chi connectivity index (χ0) is 11.8. The second-order valence-corrected chi connectivity index (χ2v) is 5.58. The van der Waals surface area contributed by atoms with E-state index in [-0.39, 0.29) is 12.1 Å². The largest absolute Gasteiger partial charge is 0.458 e. The Balaban J connectivity index is 1.70. The van der Waals surface area contributed by atoms with Crippen molar-refractivity contribution in [2.75, 3.05) is 0 Å². The molecule has 17 heavy (non-hydrogen) atoms. The quantitative estimate of drug-likeness (QED) is 0.615. The topological polar surface area (TPSA) is 26.3 Å². The summed E-state index contributed by atoms with van der Waals surface area (Å²) in [6.45, 7) is 0. The first-order chi connectivity index (χ1) is 8.24. The fourth-order valence-corrected chi connectivity index (χ4v) is 2.94. The van der Waals surface area contributed by atoms with Gasteiger partial charge in [-0.05, 0) is 37.1 Å². The van der Waals surface area contributed by atoms with Gasteiger partial charge in [0.2, 0.25) is 0 Å². The SMILES string of the molecule is O=C(OC1C2C=CC1CC2)c1ccc(Br)cc1. The maximum atomic E-state index is 12.0. The molecular weight excluding hydrogens is 280 g/mol. The molecule has 3 rings (SSSR count). The highest BCUT2D eigenvalue weighted by atomic mass is 79.9. The Morgan fingerprint density at radius 2 is 1.71 bits per heavy atom. The molecule has 2 nitrogen and oxygen atoms in total. The zero-order valence-corrected chi connectivity index (χ0v) is 10.9. The van der Waals surface area contributed by atoms with Crippen LogP contribution in [0.3, 0.4) is 0 Å². The first kappa shape index (κ1) is 11.0. The van der Waals surface area contributed by atoms with E-state index in [1.807, 2.05) is 12.1 Å². The molecule has 0 aromatic heterocycles. The van der Waals surface area contributed by atoms with Gasteiger partial charge in [-0.1, -0.05) is 28.1 Å². The number of carbonyl (C=O) groups is 1. The van der Waals surface area contributed by atoms with Crippen molar-refractivity contribution in [3.63, 3.8) is 0 Å². The van der Waals surface area contributed by atoms with Crippen molar-refractivity contribution in [3.8, 4) is 0 Å². The first-order valence-corrected chi connectivity index (χ1v) is 6.68.